The van der Waals surface area contributed by atoms with Crippen molar-refractivity contribution in [2.75, 3.05) is 5.32 Å². The number of nitrogens with zero attached hydrogens (tertiary/aromatic N) is 1. The zero-order valence-corrected chi connectivity index (χ0v) is 13.4. The SMILES string of the molecule is Cc1cc(C(=O)Nc2nc(CCCC(=O)O)cs2)sc1C. The lowest BCUT2D eigenvalue weighted by atomic mass is 10.2. The van der Waals surface area contributed by atoms with Gasteiger partial charge >= 0.3 is 5.97 Å². The van der Waals surface area contributed by atoms with Gasteiger partial charge in [-0.25, -0.2) is 4.98 Å². The highest BCUT2D eigenvalue weighted by atomic mass is 32.1. The number of anilines is 1. The Labute approximate surface area is 130 Å². The molecule has 21 heavy (non-hydrogen) atoms. The van der Waals surface area contributed by atoms with E-state index in [1.165, 1.54) is 22.7 Å². The van der Waals surface area contributed by atoms with Gasteiger partial charge in [-0.2, -0.15) is 0 Å². The molecule has 2 heterocycles. The molecule has 0 unspecified atom stereocenters. The molecule has 0 aromatic carbocycles. The summed E-state index contributed by atoms with van der Waals surface area (Å²) in [5, 5.41) is 13.8. The highest BCUT2D eigenvalue weighted by Crippen LogP contribution is 2.23. The molecule has 0 radical (unpaired) electrons. The van der Waals surface area contributed by atoms with Crippen LogP contribution in [-0.2, 0) is 11.2 Å². The lowest BCUT2D eigenvalue weighted by molar-refractivity contribution is -0.137. The van der Waals surface area contributed by atoms with Gasteiger partial charge in [0.25, 0.3) is 5.91 Å². The summed E-state index contributed by atoms with van der Waals surface area (Å²) in [5.74, 6) is -0.954. The van der Waals surface area contributed by atoms with Crippen molar-refractivity contribution in [3.05, 3.63) is 32.5 Å². The number of aromatic nitrogens is 1. The van der Waals surface area contributed by atoms with E-state index >= 15 is 0 Å². The number of thiophene rings is 1. The average Bonchev–Trinajstić information content (AvgIpc) is 2.97. The second kappa shape index (κ2) is 6.82. The van der Waals surface area contributed by atoms with E-state index in [1.54, 1.807) is 0 Å². The van der Waals surface area contributed by atoms with Crippen molar-refractivity contribution in [3.63, 3.8) is 0 Å². The molecule has 7 heteroatoms. The van der Waals surface area contributed by atoms with Crippen LogP contribution in [0.2, 0.25) is 0 Å². The normalized spacial score (nSPS) is 10.6. The second-order valence-corrected chi connectivity index (χ2v) is 6.81. The van der Waals surface area contributed by atoms with Crippen molar-refractivity contribution in [2.24, 2.45) is 0 Å². The van der Waals surface area contributed by atoms with E-state index in [0.717, 1.165) is 16.1 Å². The van der Waals surface area contributed by atoms with Crippen LogP contribution in [0.5, 0.6) is 0 Å². The van der Waals surface area contributed by atoms with Crippen LogP contribution in [0.1, 0.15) is 38.6 Å². The van der Waals surface area contributed by atoms with Crippen LogP contribution in [0.3, 0.4) is 0 Å². The van der Waals surface area contributed by atoms with E-state index in [-0.39, 0.29) is 12.3 Å². The fraction of sp³-hybridized carbons (Fsp3) is 0.357. The van der Waals surface area contributed by atoms with Gasteiger partial charge in [0.2, 0.25) is 0 Å². The molecule has 0 fully saturated rings. The first kappa shape index (κ1) is 15.7. The van der Waals surface area contributed by atoms with Gasteiger partial charge in [-0.1, -0.05) is 0 Å². The van der Waals surface area contributed by atoms with Crippen molar-refractivity contribution >= 4 is 39.7 Å². The third-order valence-corrected chi connectivity index (χ3v) is 4.94. The minimum absolute atomic E-state index is 0.132. The zero-order chi connectivity index (χ0) is 15.4. The van der Waals surface area contributed by atoms with Crippen LogP contribution >= 0.6 is 22.7 Å². The summed E-state index contributed by atoms with van der Waals surface area (Å²) in [7, 11) is 0. The number of thiazole rings is 1. The van der Waals surface area contributed by atoms with Gasteiger partial charge in [-0.3, -0.25) is 14.9 Å². The second-order valence-electron chi connectivity index (χ2n) is 4.70. The van der Waals surface area contributed by atoms with Crippen molar-refractivity contribution in [3.8, 4) is 0 Å². The number of carboxylic acid groups (broad SMARTS) is 1. The number of nitrogens with one attached hydrogen (secondary N) is 1. The number of carbonyl (C=O) groups is 2. The maximum absolute atomic E-state index is 12.1. The molecule has 0 bridgehead atoms. The minimum Gasteiger partial charge on any atom is -0.481 e. The lowest BCUT2D eigenvalue weighted by Gasteiger charge is -1.98. The Morgan fingerprint density at radius 1 is 1.38 bits per heavy atom. The fourth-order valence-corrected chi connectivity index (χ4v) is 3.41. The first-order valence-corrected chi connectivity index (χ1v) is 8.20. The van der Waals surface area contributed by atoms with Crippen molar-refractivity contribution < 1.29 is 14.7 Å². The summed E-state index contributed by atoms with van der Waals surface area (Å²) in [5.41, 5.74) is 1.92. The maximum Gasteiger partial charge on any atom is 0.303 e. The number of hydrogen-bond donors (Lipinski definition) is 2. The van der Waals surface area contributed by atoms with E-state index < -0.39 is 5.97 Å². The monoisotopic (exact) mass is 324 g/mol. The molecule has 2 rings (SSSR count). The molecule has 2 N–H and O–H groups in total. The first-order valence-electron chi connectivity index (χ1n) is 6.50. The molecule has 0 atom stereocenters. The molecule has 2 aromatic rings. The van der Waals surface area contributed by atoms with E-state index in [4.69, 9.17) is 5.11 Å². The summed E-state index contributed by atoms with van der Waals surface area (Å²) >= 11 is 2.82. The third kappa shape index (κ3) is 4.37. The Balaban J connectivity index is 1.92. The van der Waals surface area contributed by atoms with Gasteiger partial charge in [0.1, 0.15) is 0 Å². The average molecular weight is 324 g/mol. The van der Waals surface area contributed by atoms with E-state index in [2.05, 4.69) is 10.3 Å². The summed E-state index contributed by atoms with van der Waals surface area (Å²) in [4.78, 5) is 28.6. The quantitative estimate of drug-likeness (QED) is 0.852. The number of aliphatic carboxylic acids is 1. The number of aryl methyl sites for hydroxylation is 3. The van der Waals surface area contributed by atoms with Crippen molar-refractivity contribution in [1.29, 1.82) is 0 Å². The van der Waals surface area contributed by atoms with Crippen LogP contribution in [0, 0.1) is 13.8 Å². The third-order valence-electron chi connectivity index (χ3n) is 2.99. The minimum atomic E-state index is -0.804. The van der Waals surface area contributed by atoms with Crippen LogP contribution in [0.4, 0.5) is 5.13 Å². The molecular formula is C14H16N2O3S2. The topological polar surface area (TPSA) is 79.3 Å². The number of amides is 1. The number of carbonyl (C=O) groups excluding carboxylic acids is 1. The molecule has 0 aliphatic rings. The smallest absolute Gasteiger partial charge is 0.303 e. The van der Waals surface area contributed by atoms with Crippen LogP contribution in [0.25, 0.3) is 0 Å². The summed E-state index contributed by atoms with van der Waals surface area (Å²) in [6.45, 7) is 3.97. The van der Waals surface area contributed by atoms with E-state index in [1.807, 2.05) is 25.3 Å². The predicted octanol–water partition coefficient (Wildman–Crippen LogP) is 3.48. The molecule has 0 saturated heterocycles. The Bertz CT molecular complexity index is 641. The molecule has 0 spiro atoms. The highest BCUT2D eigenvalue weighted by Gasteiger charge is 2.12. The van der Waals surface area contributed by atoms with Gasteiger partial charge in [-0.05, 0) is 38.3 Å². The standard InChI is InChI=1S/C14H16N2O3S2/c1-8-6-11(21-9(8)2)13(19)16-14-15-10(7-20-14)4-3-5-12(17)18/h6-7H,3-5H2,1-2H3,(H,17,18)(H,15,16,19). The highest BCUT2D eigenvalue weighted by molar-refractivity contribution is 7.15. The van der Waals surface area contributed by atoms with E-state index in [9.17, 15) is 9.59 Å². The largest absolute Gasteiger partial charge is 0.481 e. The Morgan fingerprint density at radius 2 is 2.14 bits per heavy atom. The molecular weight excluding hydrogens is 308 g/mol. The Morgan fingerprint density at radius 3 is 2.76 bits per heavy atom. The molecule has 112 valence electrons. The van der Waals surface area contributed by atoms with Gasteiger partial charge in [0.15, 0.2) is 5.13 Å². The number of hydrogen-bond acceptors (Lipinski definition) is 5. The molecule has 2 aromatic heterocycles. The van der Waals surface area contributed by atoms with Crippen LogP contribution in [-0.4, -0.2) is 22.0 Å². The van der Waals surface area contributed by atoms with Crippen LogP contribution in [0.15, 0.2) is 11.4 Å². The molecule has 5 nitrogen and oxygen atoms in total. The van der Waals surface area contributed by atoms with Gasteiger partial charge in [0, 0.05) is 16.7 Å². The Kier molecular flexibility index (Phi) is 5.08. The summed E-state index contributed by atoms with van der Waals surface area (Å²) in [6.07, 6.45) is 1.29. The molecule has 0 saturated carbocycles. The maximum atomic E-state index is 12.1. The Hall–Kier alpha value is -1.73. The summed E-state index contributed by atoms with van der Waals surface area (Å²) < 4.78 is 0. The summed E-state index contributed by atoms with van der Waals surface area (Å²) in [6, 6.07) is 1.87. The van der Waals surface area contributed by atoms with Gasteiger partial charge in [-0.15, -0.1) is 22.7 Å². The predicted molar refractivity (Wildman–Crippen MR) is 84.4 cm³/mol. The zero-order valence-electron chi connectivity index (χ0n) is 11.8. The van der Waals surface area contributed by atoms with Gasteiger partial charge in [0.05, 0.1) is 10.6 Å². The fourth-order valence-electron chi connectivity index (χ4n) is 1.74. The molecule has 1 amide bonds. The number of rotatable bonds is 6. The number of carboxylic acids is 1. The molecule has 0 aliphatic heterocycles. The van der Waals surface area contributed by atoms with E-state index in [0.29, 0.717) is 22.9 Å². The van der Waals surface area contributed by atoms with Crippen molar-refractivity contribution in [2.45, 2.75) is 33.1 Å². The van der Waals surface area contributed by atoms with Crippen molar-refractivity contribution in [1.82, 2.24) is 4.98 Å². The van der Waals surface area contributed by atoms with Gasteiger partial charge < -0.3 is 5.11 Å². The first-order chi connectivity index (χ1) is 9.95. The lowest BCUT2D eigenvalue weighted by Crippen LogP contribution is -2.09. The molecule has 0 aliphatic carbocycles. The van der Waals surface area contributed by atoms with Crippen LogP contribution < -0.4 is 5.32 Å².